The third-order valence-corrected chi connectivity index (χ3v) is 3.87. The number of benzene rings is 1. The summed E-state index contributed by atoms with van der Waals surface area (Å²) in [5.41, 5.74) is 0.508. The van der Waals surface area contributed by atoms with Gasteiger partial charge in [-0.3, -0.25) is 10.1 Å². The minimum absolute atomic E-state index is 0.00114. The fourth-order valence-corrected chi connectivity index (χ4v) is 2.42. The zero-order valence-corrected chi connectivity index (χ0v) is 13.8. The molecule has 0 radical (unpaired) electrons. The molecular weight excluding hydrogens is 373 g/mol. The van der Waals surface area contributed by atoms with Crippen LogP contribution in [0.1, 0.15) is 16.1 Å². The van der Waals surface area contributed by atoms with Crippen LogP contribution in [-0.4, -0.2) is 35.8 Å². The second-order valence-corrected chi connectivity index (χ2v) is 5.59. The van der Waals surface area contributed by atoms with E-state index in [2.05, 4.69) is 25.6 Å². The Morgan fingerprint density at radius 2 is 2.12 bits per heavy atom. The molecule has 0 atom stereocenters. The van der Waals surface area contributed by atoms with Crippen molar-refractivity contribution in [2.75, 3.05) is 5.32 Å². The van der Waals surface area contributed by atoms with E-state index in [0.29, 0.717) is 11.6 Å². The molecule has 0 saturated heterocycles. The summed E-state index contributed by atoms with van der Waals surface area (Å²) in [7, 11) is 0. The smallest absolute Gasteiger partial charge is 0.358 e. The van der Waals surface area contributed by atoms with Gasteiger partial charge in [0.2, 0.25) is 5.95 Å². The number of aromatic nitrogens is 5. The van der Waals surface area contributed by atoms with Gasteiger partial charge in [0.1, 0.15) is 6.33 Å². The lowest BCUT2D eigenvalue weighted by molar-refractivity contribution is -0.389. The number of hydrogen-bond donors (Lipinski definition) is 2. The minimum Gasteiger partial charge on any atom is -0.358 e. The lowest BCUT2D eigenvalue weighted by atomic mass is 10.2. The van der Waals surface area contributed by atoms with E-state index in [1.807, 2.05) is 18.2 Å². The molecule has 10 nitrogen and oxygen atoms in total. The zero-order chi connectivity index (χ0) is 18.0. The number of carbonyl (C=O) groups is 1. The van der Waals surface area contributed by atoms with Crippen molar-refractivity contribution < 1.29 is 9.72 Å². The first-order valence-electron chi connectivity index (χ1n) is 6.78. The van der Waals surface area contributed by atoms with Crippen LogP contribution < -0.4 is 5.32 Å². The van der Waals surface area contributed by atoms with E-state index < -0.39 is 21.7 Å². The molecule has 0 aliphatic heterocycles. The first-order valence-corrected chi connectivity index (χ1v) is 7.53. The Hall–Kier alpha value is -2.98. The van der Waals surface area contributed by atoms with E-state index in [4.69, 9.17) is 23.2 Å². The largest absolute Gasteiger partial charge is 0.362 e. The van der Waals surface area contributed by atoms with Crippen LogP contribution in [-0.2, 0) is 6.54 Å². The number of carbonyl (C=O) groups excluding carboxylic acids is 1. The van der Waals surface area contributed by atoms with Gasteiger partial charge in [-0.1, -0.05) is 46.5 Å². The molecule has 0 unspecified atom stereocenters. The highest BCUT2D eigenvalue weighted by atomic mass is 35.5. The summed E-state index contributed by atoms with van der Waals surface area (Å²) >= 11 is 11.8. The third kappa shape index (κ3) is 3.59. The lowest BCUT2D eigenvalue weighted by Gasteiger charge is -2.03. The zero-order valence-electron chi connectivity index (χ0n) is 12.3. The predicted molar refractivity (Wildman–Crippen MR) is 88.8 cm³/mol. The summed E-state index contributed by atoms with van der Waals surface area (Å²) in [6.07, 6.45) is 1.41. The molecule has 12 heteroatoms. The van der Waals surface area contributed by atoms with Crippen molar-refractivity contribution in [3.8, 4) is 0 Å². The van der Waals surface area contributed by atoms with Crippen LogP contribution in [0.25, 0.3) is 0 Å². The number of hydrogen-bond acceptors (Lipinski definition) is 6. The van der Waals surface area contributed by atoms with Gasteiger partial charge in [-0.15, -0.1) is 10.2 Å². The number of nitro groups is 1. The fourth-order valence-electron chi connectivity index (χ4n) is 1.98. The summed E-state index contributed by atoms with van der Waals surface area (Å²) in [5.74, 6) is -1.34. The van der Waals surface area contributed by atoms with Crippen molar-refractivity contribution in [2.24, 2.45) is 0 Å². The van der Waals surface area contributed by atoms with Gasteiger partial charge in [-0.2, -0.15) is 0 Å². The third-order valence-electron chi connectivity index (χ3n) is 3.14. The van der Waals surface area contributed by atoms with Crippen molar-refractivity contribution in [3.63, 3.8) is 0 Å². The van der Waals surface area contributed by atoms with Crippen molar-refractivity contribution in [1.82, 2.24) is 25.0 Å². The van der Waals surface area contributed by atoms with Gasteiger partial charge in [-0.25, -0.2) is 9.67 Å². The fraction of sp³-hybridized carbons (Fsp3) is 0.0769. The Kier molecular flexibility index (Phi) is 4.63. The van der Waals surface area contributed by atoms with Crippen LogP contribution in [0, 0.1) is 10.1 Å². The molecule has 3 aromatic rings. The SMILES string of the molecule is O=C(Nc1ncn(Cc2ccccc2Cl)n1)c1n[nH]c([N+](=O)[O-])c1Cl. The monoisotopic (exact) mass is 381 g/mol. The first-order chi connectivity index (χ1) is 12.0. The topological polar surface area (TPSA) is 132 Å². The van der Waals surface area contributed by atoms with Crippen LogP contribution in [0.2, 0.25) is 10.0 Å². The molecule has 1 amide bonds. The molecule has 25 heavy (non-hydrogen) atoms. The predicted octanol–water partition coefficient (Wildman–Crippen LogP) is 2.52. The number of anilines is 1. The molecule has 0 fully saturated rings. The molecule has 128 valence electrons. The van der Waals surface area contributed by atoms with E-state index in [0.717, 1.165) is 5.56 Å². The molecule has 3 rings (SSSR count). The molecular formula is C13H9Cl2N7O3. The molecule has 0 aliphatic carbocycles. The van der Waals surface area contributed by atoms with Crippen LogP contribution in [0.3, 0.4) is 0 Å². The summed E-state index contributed by atoms with van der Waals surface area (Å²) in [6.45, 7) is 0.358. The molecule has 0 bridgehead atoms. The summed E-state index contributed by atoms with van der Waals surface area (Å²) in [4.78, 5) is 25.9. The molecule has 0 spiro atoms. The Morgan fingerprint density at radius 3 is 2.80 bits per heavy atom. The van der Waals surface area contributed by atoms with E-state index in [1.165, 1.54) is 11.0 Å². The molecule has 0 aliphatic rings. The van der Waals surface area contributed by atoms with Crippen molar-refractivity contribution in [1.29, 1.82) is 0 Å². The van der Waals surface area contributed by atoms with Crippen LogP contribution >= 0.6 is 23.2 Å². The maximum absolute atomic E-state index is 12.1. The summed E-state index contributed by atoms with van der Waals surface area (Å²) < 4.78 is 1.48. The Morgan fingerprint density at radius 1 is 1.36 bits per heavy atom. The minimum atomic E-state index is -0.775. The number of H-pyrrole nitrogens is 1. The number of amides is 1. The molecule has 0 saturated carbocycles. The van der Waals surface area contributed by atoms with Crippen molar-refractivity contribution in [3.05, 3.63) is 62.0 Å². The van der Waals surface area contributed by atoms with E-state index in [1.54, 1.807) is 6.07 Å². The van der Waals surface area contributed by atoms with Gasteiger partial charge < -0.3 is 10.1 Å². The van der Waals surface area contributed by atoms with E-state index in [-0.39, 0.29) is 11.6 Å². The highest BCUT2D eigenvalue weighted by Gasteiger charge is 2.25. The van der Waals surface area contributed by atoms with Gasteiger partial charge in [-0.05, 0) is 16.6 Å². The Labute approximate surface area is 149 Å². The second-order valence-electron chi connectivity index (χ2n) is 4.80. The number of halogens is 2. The maximum atomic E-state index is 12.1. The highest BCUT2D eigenvalue weighted by molar-refractivity contribution is 6.35. The van der Waals surface area contributed by atoms with Gasteiger partial charge in [0.25, 0.3) is 5.91 Å². The number of nitrogens with zero attached hydrogens (tertiary/aromatic N) is 5. The average Bonchev–Trinajstić information content (AvgIpc) is 3.16. The maximum Gasteiger partial charge on any atom is 0.362 e. The molecule has 2 N–H and O–H groups in total. The number of rotatable bonds is 5. The van der Waals surface area contributed by atoms with Crippen LogP contribution in [0.5, 0.6) is 0 Å². The standard InChI is InChI=1S/C13H9Cl2N7O3/c14-8-4-2-1-3-7(8)5-21-6-16-13(20-21)17-12(23)10-9(15)11(19-18-10)22(24)25/h1-4,6H,5H2,(H,18,19)(H,17,20,23). The van der Waals surface area contributed by atoms with Gasteiger partial charge in [0.05, 0.1) is 6.54 Å². The van der Waals surface area contributed by atoms with Gasteiger partial charge in [0.15, 0.2) is 10.7 Å². The number of nitrogens with one attached hydrogen (secondary N) is 2. The average molecular weight is 382 g/mol. The van der Waals surface area contributed by atoms with E-state index in [9.17, 15) is 14.9 Å². The molecule has 2 aromatic heterocycles. The quantitative estimate of drug-likeness (QED) is 0.515. The van der Waals surface area contributed by atoms with E-state index >= 15 is 0 Å². The van der Waals surface area contributed by atoms with Crippen molar-refractivity contribution >= 4 is 40.9 Å². The van der Waals surface area contributed by atoms with Crippen LogP contribution in [0.15, 0.2) is 30.6 Å². The number of aromatic amines is 1. The first kappa shape index (κ1) is 16.9. The highest BCUT2D eigenvalue weighted by Crippen LogP contribution is 2.25. The molecule has 1 aromatic carbocycles. The van der Waals surface area contributed by atoms with Gasteiger partial charge in [0, 0.05) is 5.02 Å². The van der Waals surface area contributed by atoms with Crippen LogP contribution in [0.4, 0.5) is 11.8 Å². The second kappa shape index (κ2) is 6.87. The summed E-state index contributed by atoms with van der Waals surface area (Å²) in [6, 6.07) is 7.24. The molecule has 2 heterocycles. The summed E-state index contributed by atoms with van der Waals surface area (Å²) in [5, 5.41) is 23.0. The lowest BCUT2D eigenvalue weighted by Crippen LogP contribution is -2.14. The normalized spacial score (nSPS) is 10.6. The van der Waals surface area contributed by atoms with Gasteiger partial charge >= 0.3 is 5.82 Å². The Balaban J connectivity index is 1.72. The Bertz CT molecular complexity index is 953. The van der Waals surface area contributed by atoms with Crippen molar-refractivity contribution in [2.45, 2.75) is 6.54 Å².